The topological polar surface area (TPSA) is 74.2 Å². The van der Waals surface area contributed by atoms with Gasteiger partial charge >= 0.3 is 0 Å². The summed E-state index contributed by atoms with van der Waals surface area (Å²) in [4.78, 5) is 13.8. The lowest BCUT2D eigenvalue weighted by Gasteiger charge is -2.21. The summed E-state index contributed by atoms with van der Waals surface area (Å²) in [7, 11) is 0. The molecule has 2 N–H and O–H groups in total. The molecule has 2 aromatic carbocycles. The smallest absolute Gasteiger partial charge is 0.277 e. The summed E-state index contributed by atoms with van der Waals surface area (Å²) in [5.41, 5.74) is 3.84. The average Bonchev–Trinajstić information content (AvgIpc) is 2.63. The second-order valence-corrected chi connectivity index (χ2v) is 5.31. The van der Waals surface area contributed by atoms with Crippen molar-refractivity contribution in [2.24, 2.45) is 5.10 Å². The van der Waals surface area contributed by atoms with Gasteiger partial charge in [0.05, 0.1) is 6.21 Å². The number of aromatic hydroxyl groups is 1. The number of carbonyl (C=O) groups is 1. The number of phenols is 1. The van der Waals surface area contributed by atoms with Crippen LogP contribution in [-0.4, -0.2) is 36.9 Å². The Bertz CT molecular complexity index is 713. The van der Waals surface area contributed by atoms with Crippen molar-refractivity contribution in [2.75, 3.05) is 24.6 Å². The minimum atomic E-state index is -0.376. The van der Waals surface area contributed by atoms with Crippen LogP contribution in [0.3, 0.4) is 0 Å². The molecule has 0 aliphatic heterocycles. The van der Waals surface area contributed by atoms with Crippen LogP contribution >= 0.6 is 0 Å². The van der Waals surface area contributed by atoms with E-state index in [1.807, 2.05) is 24.3 Å². The second kappa shape index (κ2) is 9.32. The predicted molar refractivity (Wildman–Crippen MR) is 99.3 cm³/mol. The zero-order valence-corrected chi connectivity index (χ0v) is 14.5. The second-order valence-electron chi connectivity index (χ2n) is 5.31. The Morgan fingerprint density at radius 3 is 2.56 bits per heavy atom. The number of nitrogens with one attached hydrogen (secondary N) is 1. The molecule has 0 atom stereocenters. The van der Waals surface area contributed by atoms with Gasteiger partial charge in [-0.1, -0.05) is 18.2 Å². The van der Waals surface area contributed by atoms with Gasteiger partial charge in [0.25, 0.3) is 5.91 Å². The zero-order valence-electron chi connectivity index (χ0n) is 14.5. The third-order valence-corrected chi connectivity index (χ3v) is 3.65. The fourth-order valence-electron chi connectivity index (χ4n) is 2.30. The van der Waals surface area contributed by atoms with Crippen LogP contribution in [0, 0.1) is 0 Å². The maximum Gasteiger partial charge on any atom is 0.277 e. The molecule has 0 aromatic heterocycles. The van der Waals surface area contributed by atoms with Crippen LogP contribution < -0.4 is 15.1 Å². The van der Waals surface area contributed by atoms with E-state index in [4.69, 9.17) is 4.74 Å². The van der Waals surface area contributed by atoms with Crippen molar-refractivity contribution >= 4 is 17.8 Å². The molecule has 6 nitrogen and oxygen atoms in total. The fourth-order valence-corrected chi connectivity index (χ4v) is 2.30. The van der Waals surface area contributed by atoms with Gasteiger partial charge in [-0.05, 0) is 38.1 Å². The first-order valence-corrected chi connectivity index (χ1v) is 8.21. The molecule has 2 rings (SSSR count). The third kappa shape index (κ3) is 5.53. The van der Waals surface area contributed by atoms with Crippen molar-refractivity contribution in [1.82, 2.24) is 5.43 Å². The van der Waals surface area contributed by atoms with Gasteiger partial charge in [0.2, 0.25) is 0 Å². The molecule has 0 fully saturated rings. The van der Waals surface area contributed by atoms with E-state index in [1.54, 1.807) is 24.3 Å². The van der Waals surface area contributed by atoms with E-state index >= 15 is 0 Å². The number of benzene rings is 2. The number of para-hydroxylation sites is 1. The van der Waals surface area contributed by atoms with Gasteiger partial charge in [0, 0.05) is 30.4 Å². The molecule has 25 heavy (non-hydrogen) atoms. The molecule has 0 aliphatic rings. The molecular weight excluding hydrogens is 318 g/mol. The Hall–Kier alpha value is -3.02. The van der Waals surface area contributed by atoms with Crippen molar-refractivity contribution in [3.8, 4) is 11.5 Å². The minimum absolute atomic E-state index is 0.114. The molecule has 2 aromatic rings. The number of carbonyl (C=O) groups excluding carboxylic acids is 1. The molecule has 6 heteroatoms. The standard InChI is InChI=1S/C19H23N3O3/c1-3-22(4-2)16-11-10-15(18(23)12-16)13-20-21-19(24)14-25-17-8-6-5-7-9-17/h5-13,23H,3-4,14H2,1-2H3,(H,21,24)/b20-13+. The first kappa shape index (κ1) is 18.3. The first-order valence-electron chi connectivity index (χ1n) is 8.21. The van der Waals surface area contributed by atoms with E-state index < -0.39 is 0 Å². The normalized spacial score (nSPS) is 10.6. The maximum atomic E-state index is 11.7. The Labute approximate surface area is 147 Å². The first-order chi connectivity index (χ1) is 12.1. The SMILES string of the molecule is CCN(CC)c1ccc(/C=N/NC(=O)COc2ccccc2)c(O)c1. The number of ether oxygens (including phenoxy) is 1. The van der Waals surface area contributed by atoms with Crippen LogP contribution in [0.1, 0.15) is 19.4 Å². The lowest BCUT2D eigenvalue weighted by atomic mass is 10.2. The number of hydrazone groups is 1. The molecule has 0 unspecified atom stereocenters. The number of amides is 1. The van der Waals surface area contributed by atoms with Crippen LogP contribution in [-0.2, 0) is 4.79 Å². The molecule has 0 heterocycles. The Kier molecular flexibility index (Phi) is 6.83. The number of rotatable bonds is 8. The van der Waals surface area contributed by atoms with E-state index in [9.17, 15) is 9.90 Å². The van der Waals surface area contributed by atoms with E-state index in [1.165, 1.54) is 6.21 Å². The largest absolute Gasteiger partial charge is 0.507 e. The molecule has 0 radical (unpaired) electrons. The van der Waals surface area contributed by atoms with E-state index in [0.717, 1.165) is 18.8 Å². The van der Waals surface area contributed by atoms with Crippen LogP contribution in [0.25, 0.3) is 0 Å². The molecule has 0 saturated heterocycles. The van der Waals surface area contributed by atoms with Gasteiger partial charge in [-0.25, -0.2) is 5.43 Å². The Morgan fingerprint density at radius 1 is 1.20 bits per heavy atom. The fraction of sp³-hybridized carbons (Fsp3) is 0.263. The van der Waals surface area contributed by atoms with Crippen molar-refractivity contribution in [3.63, 3.8) is 0 Å². The van der Waals surface area contributed by atoms with Gasteiger partial charge in [0.15, 0.2) is 6.61 Å². The molecular formula is C19H23N3O3. The van der Waals surface area contributed by atoms with E-state index in [-0.39, 0.29) is 18.3 Å². The maximum absolute atomic E-state index is 11.7. The van der Waals surface area contributed by atoms with Crippen LogP contribution in [0.5, 0.6) is 11.5 Å². The number of hydrogen-bond acceptors (Lipinski definition) is 5. The summed E-state index contributed by atoms with van der Waals surface area (Å²) in [6.07, 6.45) is 1.40. The van der Waals surface area contributed by atoms with Gasteiger partial charge in [-0.15, -0.1) is 0 Å². The number of nitrogens with zero attached hydrogens (tertiary/aromatic N) is 2. The number of hydrogen-bond donors (Lipinski definition) is 2. The van der Waals surface area contributed by atoms with E-state index in [2.05, 4.69) is 29.3 Å². The highest BCUT2D eigenvalue weighted by Gasteiger charge is 2.06. The Morgan fingerprint density at radius 2 is 1.92 bits per heavy atom. The predicted octanol–water partition coefficient (Wildman–Crippen LogP) is 2.77. The summed E-state index contributed by atoms with van der Waals surface area (Å²) in [5, 5.41) is 13.9. The lowest BCUT2D eigenvalue weighted by Crippen LogP contribution is -2.24. The quantitative estimate of drug-likeness (QED) is 0.572. The Balaban J connectivity index is 1.87. The summed E-state index contributed by atoms with van der Waals surface area (Å²) >= 11 is 0. The van der Waals surface area contributed by atoms with Crippen LogP contribution in [0.4, 0.5) is 5.69 Å². The van der Waals surface area contributed by atoms with Gasteiger partial charge in [-0.2, -0.15) is 5.10 Å². The third-order valence-electron chi connectivity index (χ3n) is 3.65. The lowest BCUT2D eigenvalue weighted by molar-refractivity contribution is -0.123. The number of anilines is 1. The summed E-state index contributed by atoms with van der Waals surface area (Å²) in [6, 6.07) is 14.4. The van der Waals surface area contributed by atoms with Crippen molar-refractivity contribution in [2.45, 2.75) is 13.8 Å². The van der Waals surface area contributed by atoms with Crippen LogP contribution in [0.2, 0.25) is 0 Å². The summed E-state index contributed by atoms with van der Waals surface area (Å²) in [6.45, 7) is 5.71. The van der Waals surface area contributed by atoms with Crippen molar-refractivity contribution in [1.29, 1.82) is 0 Å². The molecule has 132 valence electrons. The molecule has 0 saturated carbocycles. The van der Waals surface area contributed by atoms with Crippen LogP contribution in [0.15, 0.2) is 53.6 Å². The van der Waals surface area contributed by atoms with Gasteiger partial charge in [-0.3, -0.25) is 4.79 Å². The van der Waals surface area contributed by atoms with Crippen molar-refractivity contribution in [3.05, 3.63) is 54.1 Å². The molecule has 1 amide bonds. The minimum Gasteiger partial charge on any atom is -0.507 e. The molecule has 0 aliphatic carbocycles. The summed E-state index contributed by atoms with van der Waals surface area (Å²) < 4.78 is 5.32. The average molecular weight is 341 g/mol. The highest BCUT2D eigenvalue weighted by molar-refractivity contribution is 5.86. The zero-order chi connectivity index (χ0) is 18.1. The van der Waals surface area contributed by atoms with Gasteiger partial charge < -0.3 is 14.7 Å². The van der Waals surface area contributed by atoms with Crippen molar-refractivity contribution < 1.29 is 14.6 Å². The monoisotopic (exact) mass is 341 g/mol. The van der Waals surface area contributed by atoms with E-state index in [0.29, 0.717) is 11.3 Å². The highest BCUT2D eigenvalue weighted by Crippen LogP contribution is 2.23. The highest BCUT2D eigenvalue weighted by atomic mass is 16.5. The number of phenolic OH excluding ortho intramolecular Hbond substituents is 1. The molecule has 0 bridgehead atoms. The summed E-state index contributed by atoms with van der Waals surface area (Å²) in [5.74, 6) is 0.355. The molecule has 0 spiro atoms. The van der Waals surface area contributed by atoms with Gasteiger partial charge in [0.1, 0.15) is 11.5 Å².